The average Bonchev–Trinajstić information content (AvgIpc) is 2.46. The Kier molecular flexibility index (Phi) is 4.79. The number of benzene rings is 1. The predicted octanol–water partition coefficient (Wildman–Crippen LogP) is 4.89. The van der Waals surface area contributed by atoms with E-state index in [1.807, 2.05) is 12.1 Å². The Morgan fingerprint density at radius 2 is 1.68 bits per heavy atom. The molecule has 0 aromatic heterocycles. The van der Waals surface area contributed by atoms with Crippen molar-refractivity contribution >= 4 is 5.78 Å². The lowest BCUT2D eigenvalue weighted by Crippen LogP contribution is -2.24. The third-order valence-corrected chi connectivity index (χ3v) is 4.73. The molecular weight excluding hydrogens is 232 g/mol. The maximum absolute atomic E-state index is 12.5. The molecule has 0 spiro atoms. The van der Waals surface area contributed by atoms with Crippen LogP contribution in [0.2, 0.25) is 0 Å². The molecule has 1 heteroatoms. The first-order valence-electron chi connectivity index (χ1n) is 7.75. The number of rotatable bonds is 4. The summed E-state index contributed by atoms with van der Waals surface area (Å²) in [5, 5.41) is 0. The summed E-state index contributed by atoms with van der Waals surface area (Å²) < 4.78 is 0. The minimum Gasteiger partial charge on any atom is -0.294 e. The first-order chi connectivity index (χ1) is 9.11. The summed E-state index contributed by atoms with van der Waals surface area (Å²) in [6, 6.07) is 8.20. The normalized spacial score (nSPS) is 23.6. The van der Waals surface area contributed by atoms with E-state index >= 15 is 0 Å². The van der Waals surface area contributed by atoms with Crippen LogP contribution in [0.15, 0.2) is 24.3 Å². The van der Waals surface area contributed by atoms with Gasteiger partial charge in [-0.1, -0.05) is 45.0 Å². The molecule has 0 radical (unpaired) electrons. The quantitative estimate of drug-likeness (QED) is 0.702. The van der Waals surface area contributed by atoms with Gasteiger partial charge in [0.15, 0.2) is 5.78 Å². The van der Waals surface area contributed by atoms with Crippen LogP contribution in [0.5, 0.6) is 0 Å². The van der Waals surface area contributed by atoms with Gasteiger partial charge in [-0.25, -0.2) is 0 Å². The zero-order valence-corrected chi connectivity index (χ0v) is 12.5. The van der Waals surface area contributed by atoms with Crippen LogP contribution in [0, 0.1) is 17.8 Å². The molecule has 0 saturated heterocycles. The number of hydrogen-bond donors (Lipinski definition) is 0. The van der Waals surface area contributed by atoms with Crippen LogP contribution in [0.25, 0.3) is 0 Å². The highest BCUT2D eigenvalue weighted by Gasteiger charge is 2.28. The molecule has 1 aliphatic rings. The summed E-state index contributed by atoms with van der Waals surface area (Å²) in [6.07, 6.45) is 5.64. The topological polar surface area (TPSA) is 17.1 Å². The van der Waals surface area contributed by atoms with Crippen LogP contribution in [-0.4, -0.2) is 5.78 Å². The molecule has 1 nitrogen and oxygen atoms in total. The fourth-order valence-corrected chi connectivity index (χ4v) is 3.19. The first-order valence-corrected chi connectivity index (χ1v) is 7.75. The number of Topliss-reactive ketones (excluding diaryl/α,β-unsaturated/α-hetero) is 1. The third-order valence-electron chi connectivity index (χ3n) is 4.73. The third kappa shape index (κ3) is 3.46. The van der Waals surface area contributed by atoms with Crippen molar-refractivity contribution in [1.29, 1.82) is 0 Å². The molecule has 1 saturated carbocycles. The van der Waals surface area contributed by atoms with Crippen LogP contribution in [0.4, 0.5) is 0 Å². The molecule has 0 heterocycles. The van der Waals surface area contributed by atoms with E-state index < -0.39 is 0 Å². The Labute approximate surface area is 117 Å². The standard InChI is InChI=1S/C18H26O/c1-4-14-5-7-16(8-6-14)18(19)17-11-9-15(10-12-17)13(2)3/h5-8,13,15,17H,4,9-12H2,1-3H3. The van der Waals surface area contributed by atoms with E-state index in [-0.39, 0.29) is 5.92 Å². The Balaban J connectivity index is 1.97. The van der Waals surface area contributed by atoms with Crippen LogP contribution in [0.3, 0.4) is 0 Å². The number of aryl methyl sites for hydroxylation is 1. The lowest BCUT2D eigenvalue weighted by molar-refractivity contribution is 0.0859. The smallest absolute Gasteiger partial charge is 0.165 e. The van der Waals surface area contributed by atoms with Gasteiger partial charge in [0.25, 0.3) is 0 Å². The predicted molar refractivity (Wildman–Crippen MR) is 80.4 cm³/mol. The van der Waals surface area contributed by atoms with Crippen molar-refractivity contribution in [2.45, 2.75) is 52.9 Å². The molecule has 1 aliphatic carbocycles. The van der Waals surface area contributed by atoms with Crippen LogP contribution >= 0.6 is 0 Å². The fourth-order valence-electron chi connectivity index (χ4n) is 3.19. The molecule has 0 bridgehead atoms. The van der Waals surface area contributed by atoms with Gasteiger partial charge in [0, 0.05) is 11.5 Å². The summed E-state index contributed by atoms with van der Waals surface area (Å²) in [6.45, 7) is 6.75. The van der Waals surface area contributed by atoms with Gasteiger partial charge in [-0.3, -0.25) is 4.79 Å². The zero-order valence-electron chi connectivity index (χ0n) is 12.5. The van der Waals surface area contributed by atoms with Crippen molar-refractivity contribution in [3.8, 4) is 0 Å². The number of carbonyl (C=O) groups excluding carboxylic acids is 1. The van der Waals surface area contributed by atoms with E-state index in [0.29, 0.717) is 5.78 Å². The monoisotopic (exact) mass is 258 g/mol. The highest BCUT2D eigenvalue weighted by atomic mass is 16.1. The molecule has 1 fully saturated rings. The molecule has 2 rings (SSSR count). The summed E-state index contributed by atoms with van der Waals surface area (Å²) in [4.78, 5) is 12.5. The highest BCUT2D eigenvalue weighted by Crippen LogP contribution is 2.34. The maximum Gasteiger partial charge on any atom is 0.165 e. The van der Waals surface area contributed by atoms with Gasteiger partial charge < -0.3 is 0 Å². The SMILES string of the molecule is CCc1ccc(C(=O)C2CCC(C(C)C)CC2)cc1. The lowest BCUT2D eigenvalue weighted by atomic mass is 9.75. The van der Waals surface area contributed by atoms with Crippen molar-refractivity contribution < 1.29 is 4.79 Å². The molecule has 1 aromatic carbocycles. The lowest BCUT2D eigenvalue weighted by Gasteiger charge is -2.30. The summed E-state index contributed by atoms with van der Waals surface area (Å²) >= 11 is 0. The highest BCUT2D eigenvalue weighted by molar-refractivity contribution is 5.97. The van der Waals surface area contributed by atoms with E-state index in [9.17, 15) is 4.79 Å². The summed E-state index contributed by atoms with van der Waals surface area (Å²) in [7, 11) is 0. The molecule has 1 aromatic rings. The molecule has 0 N–H and O–H groups in total. The van der Waals surface area contributed by atoms with Gasteiger partial charge in [-0.05, 0) is 49.5 Å². The van der Waals surface area contributed by atoms with E-state index in [2.05, 4.69) is 32.9 Å². The number of carbonyl (C=O) groups is 1. The van der Waals surface area contributed by atoms with Crippen LogP contribution in [0.1, 0.15) is 62.4 Å². The van der Waals surface area contributed by atoms with E-state index in [1.165, 1.54) is 18.4 Å². The molecular formula is C18H26O. The second kappa shape index (κ2) is 6.36. The van der Waals surface area contributed by atoms with Gasteiger partial charge in [0.1, 0.15) is 0 Å². The van der Waals surface area contributed by atoms with Crippen molar-refractivity contribution in [2.75, 3.05) is 0 Å². The average molecular weight is 258 g/mol. The van der Waals surface area contributed by atoms with Crippen molar-refractivity contribution in [1.82, 2.24) is 0 Å². The van der Waals surface area contributed by atoms with Gasteiger partial charge >= 0.3 is 0 Å². The Morgan fingerprint density at radius 1 is 1.11 bits per heavy atom. The van der Waals surface area contributed by atoms with E-state index in [4.69, 9.17) is 0 Å². The second-order valence-electron chi connectivity index (χ2n) is 6.27. The Bertz CT molecular complexity index is 408. The van der Waals surface area contributed by atoms with Gasteiger partial charge in [-0.15, -0.1) is 0 Å². The second-order valence-corrected chi connectivity index (χ2v) is 6.27. The van der Waals surface area contributed by atoms with Gasteiger partial charge in [0.05, 0.1) is 0 Å². The summed E-state index contributed by atoms with van der Waals surface area (Å²) in [5.74, 6) is 2.22. The number of hydrogen-bond acceptors (Lipinski definition) is 1. The summed E-state index contributed by atoms with van der Waals surface area (Å²) in [5.41, 5.74) is 2.21. The van der Waals surface area contributed by atoms with Crippen molar-refractivity contribution in [3.63, 3.8) is 0 Å². The van der Waals surface area contributed by atoms with Gasteiger partial charge in [0.2, 0.25) is 0 Å². The van der Waals surface area contributed by atoms with Crippen molar-refractivity contribution in [3.05, 3.63) is 35.4 Å². The minimum absolute atomic E-state index is 0.266. The Morgan fingerprint density at radius 3 is 2.16 bits per heavy atom. The van der Waals surface area contributed by atoms with Crippen molar-refractivity contribution in [2.24, 2.45) is 17.8 Å². The molecule has 104 valence electrons. The fraction of sp³-hybridized carbons (Fsp3) is 0.611. The molecule has 0 aliphatic heterocycles. The first kappa shape index (κ1) is 14.3. The van der Waals surface area contributed by atoms with Crippen LogP contribution < -0.4 is 0 Å². The Hall–Kier alpha value is -1.11. The number of ketones is 1. The van der Waals surface area contributed by atoms with E-state index in [1.54, 1.807) is 0 Å². The largest absolute Gasteiger partial charge is 0.294 e. The maximum atomic E-state index is 12.5. The zero-order chi connectivity index (χ0) is 13.8. The van der Waals surface area contributed by atoms with E-state index in [0.717, 1.165) is 36.7 Å². The molecule has 0 unspecified atom stereocenters. The van der Waals surface area contributed by atoms with Crippen LogP contribution in [-0.2, 0) is 6.42 Å². The molecule has 0 amide bonds. The minimum atomic E-state index is 0.266. The van der Waals surface area contributed by atoms with Gasteiger partial charge in [-0.2, -0.15) is 0 Å². The molecule has 0 atom stereocenters. The molecule has 19 heavy (non-hydrogen) atoms.